The first-order valence-electron chi connectivity index (χ1n) is 8.58. The first kappa shape index (κ1) is 16.3. The van der Waals surface area contributed by atoms with E-state index in [4.69, 9.17) is 4.52 Å². The Labute approximate surface area is 149 Å². The number of aromatic nitrogens is 3. The second-order valence-electron chi connectivity index (χ2n) is 6.33. The number of carbonyl (C=O) groups excluding carboxylic acids is 1. The summed E-state index contributed by atoms with van der Waals surface area (Å²) in [5.74, 6) is 1.22. The number of H-pyrrole nitrogens is 1. The Morgan fingerprint density at radius 1 is 1.15 bits per heavy atom. The van der Waals surface area contributed by atoms with Crippen molar-refractivity contribution >= 4 is 5.91 Å². The summed E-state index contributed by atoms with van der Waals surface area (Å²) in [6, 6.07) is 12.7. The molecule has 26 heavy (non-hydrogen) atoms. The monoisotopic (exact) mass is 350 g/mol. The number of benzene rings is 1. The Kier molecular flexibility index (Phi) is 4.35. The Morgan fingerprint density at radius 2 is 1.92 bits per heavy atom. The highest BCUT2D eigenvalue weighted by atomic mass is 16.5. The molecule has 7 heteroatoms. The van der Waals surface area contributed by atoms with E-state index in [-0.39, 0.29) is 17.4 Å². The van der Waals surface area contributed by atoms with Crippen molar-refractivity contribution in [3.8, 4) is 11.4 Å². The smallest absolute Gasteiger partial charge is 0.254 e. The van der Waals surface area contributed by atoms with Gasteiger partial charge in [-0.2, -0.15) is 4.98 Å². The molecule has 0 aliphatic carbocycles. The molecule has 132 valence electrons. The molecule has 1 fully saturated rings. The van der Waals surface area contributed by atoms with Gasteiger partial charge in [0.05, 0.1) is 0 Å². The number of hydrogen-bond donors (Lipinski definition) is 1. The molecule has 1 aliphatic rings. The largest absolute Gasteiger partial charge is 0.339 e. The fourth-order valence-corrected chi connectivity index (χ4v) is 3.20. The van der Waals surface area contributed by atoms with Gasteiger partial charge in [0, 0.05) is 42.4 Å². The molecule has 0 spiro atoms. The van der Waals surface area contributed by atoms with Gasteiger partial charge in [-0.25, -0.2) is 0 Å². The van der Waals surface area contributed by atoms with E-state index in [0.29, 0.717) is 30.4 Å². The van der Waals surface area contributed by atoms with E-state index in [1.54, 1.807) is 11.0 Å². The normalized spacial score (nSPS) is 15.2. The summed E-state index contributed by atoms with van der Waals surface area (Å²) in [6.45, 7) is 1.19. The van der Waals surface area contributed by atoms with Crippen LogP contribution < -0.4 is 5.56 Å². The number of pyridine rings is 1. The van der Waals surface area contributed by atoms with E-state index in [1.807, 2.05) is 30.3 Å². The maximum atomic E-state index is 12.5. The summed E-state index contributed by atoms with van der Waals surface area (Å²) >= 11 is 0. The van der Waals surface area contributed by atoms with Gasteiger partial charge in [0.15, 0.2) is 0 Å². The maximum Gasteiger partial charge on any atom is 0.254 e. The van der Waals surface area contributed by atoms with Crippen LogP contribution in [-0.4, -0.2) is 39.0 Å². The summed E-state index contributed by atoms with van der Waals surface area (Å²) in [6.07, 6.45) is 3.00. The van der Waals surface area contributed by atoms with Crippen LogP contribution in [0.25, 0.3) is 11.4 Å². The predicted octanol–water partition coefficient (Wildman–Crippen LogP) is 2.44. The molecule has 0 bridgehead atoms. The highest BCUT2D eigenvalue weighted by molar-refractivity contribution is 5.94. The molecular formula is C19H18N4O3. The average Bonchev–Trinajstić information content (AvgIpc) is 3.18. The molecule has 2 aromatic heterocycles. The van der Waals surface area contributed by atoms with Crippen molar-refractivity contribution < 1.29 is 9.32 Å². The van der Waals surface area contributed by atoms with E-state index >= 15 is 0 Å². The van der Waals surface area contributed by atoms with Gasteiger partial charge in [-0.15, -0.1) is 0 Å². The molecule has 3 aromatic rings. The molecule has 7 nitrogen and oxygen atoms in total. The minimum Gasteiger partial charge on any atom is -0.339 e. The Balaban J connectivity index is 1.42. The van der Waals surface area contributed by atoms with Crippen LogP contribution in [0.5, 0.6) is 0 Å². The number of piperidine rings is 1. The molecule has 0 atom stereocenters. The molecule has 0 unspecified atom stereocenters. The average molecular weight is 350 g/mol. The molecule has 1 aliphatic heterocycles. The molecule has 0 saturated carbocycles. The number of amides is 1. The molecule has 1 aromatic carbocycles. The fourth-order valence-electron chi connectivity index (χ4n) is 3.20. The lowest BCUT2D eigenvalue weighted by molar-refractivity contribution is 0.0704. The Bertz CT molecular complexity index is 956. The van der Waals surface area contributed by atoms with Gasteiger partial charge in [0.1, 0.15) is 0 Å². The van der Waals surface area contributed by atoms with Crippen LogP contribution in [-0.2, 0) is 0 Å². The van der Waals surface area contributed by atoms with Crippen LogP contribution in [0.1, 0.15) is 35.0 Å². The molecule has 0 radical (unpaired) electrons. The SMILES string of the molecule is O=C(c1cc[nH]c(=O)c1)N1CCC(c2nc(-c3ccccc3)no2)CC1. The zero-order valence-electron chi connectivity index (χ0n) is 14.1. The van der Waals surface area contributed by atoms with Crippen LogP contribution >= 0.6 is 0 Å². The highest BCUT2D eigenvalue weighted by Gasteiger charge is 2.28. The fraction of sp³-hybridized carbons (Fsp3) is 0.263. The van der Waals surface area contributed by atoms with Gasteiger partial charge in [0.25, 0.3) is 5.91 Å². The van der Waals surface area contributed by atoms with E-state index in [1.165, 1.54) is 12.3 Å². The van der Waals surface area contributed by atoms with E-state index in [0.717, 1.165) is 18.4 Å². The number of nitrogens with zero attached hydrogens (tertiary/aromatic N) is 3. The van der Waals surface area contributed by atoms with Crippen LogP contribution in [0.15, 0.2) is 58.0 Å². The van der Waals surface area contributed by atoms with Crippen molar-refractivity contribution in [1.82, 2.24) is 20.0 Å². The Hall–Kier alpha value is -3.22. The Morgan fingerprint density at radius 3 is 2.65 bits per heavy atom. The quantitative estimate of drug-likeness (QED) is 0.783. The van der Waals surface area contributed by atoms with Crippen LogP contribution in [0.3, 0.4) is 0 Å². The molecular weight excluding hydrogens is 332 g/mol. The lowest BCUT2D eigenvalue weighted by Crippen LogP contribution is -2.38. The van der Waals surface area contributed by atoms with E-state index < -0.39 is 0 Å². The van der Waals surface area contributed by atoms with Gasteiger partial charge in [0.2, 0.25) is 17.3 Å². The summed E-state index contributed by atoms with van der Waals surface area (Å²) in [5, 5.41) is 4.07. The number of aromatic amines is 1. The van der Waals surface area contributed by atoms with Gasteiger partial charge in [-0.3, -0.25) is 9.59 Å². The van der Waals surface area contributed by atoms with Gasteiger partial charge in [-0.1, -0.05) is 35.5 Å². The third-order valence-electron chi connectivity index (χ3n) is 4.63. The van der Waals surface area contributed by atoms with Crippen molar-refractivity contribution in [3.05, 3.63) is 70.5 Å². The second-order valence-corrected chi connectivity index (χ2v) is 6.33. The lowest BCUT2D eigenvalue weighted by Gasteiger charge is -2.30. The van der Waals surface area contributed by atoms with E-state index in [9.17, 15) is 9.59 Å². The van der Waals surface area contributed by atoms with Gasteiger partial charge < -0.3 is 14.4 Å². The lowest BCUT2D eigenvalue weighted by atomic mass is 9.96. The number of likely N-dealkylation sites (tertiary alicyclic amines) is 1. The van der Waals surface area contributed by atoms with Gasteiger partial charge in [-0.05, 0) is 18.9 Å². The first-order chi connectivity index (χ1) is 12.7. The van der Waals surface area contributed by atoms with Crippen LogP contribution in [0.4, 0.5) is 0 Å². The minimum atomic E-state index is -0.273. The molecule has 1 saturated heterocycles. The molecule has 1 amide bonds. The van der Waals surface area contributed by atoms with Crippen LogP contribution in [0.2, 0.25) is 0 Å². The zero-order valence-corrected chi connectivity index (χ0v) is 14.1. The maximum absolute atomic E-state index is 12.5. The summed E-state index contributed by atoms with van der Waals surface area (Å²) in [4.78, 5) is 32.7. The number of nitrogens with one attached hydrogen (secondary N) is 1. The van der Waals surface area contributed by atoms with Crippen LogP contribution in [0, 0.1) is 0 Å². The molecule has 1 N–H and O–H groups in total. The third-order valence-corrected chi connectivity index (χ3v) is 4.63. The minimum absolute atomic E-state index is 0.120. The third kappa shape index (κ3) is 3.28. The number of hydrogen-bond acceptors (Lipinski definition) is 5. The van der Waals surface area contributed by atoms with Crippen molar-refractivity contribution in [2.75, 3.05) is 13.1 Å². The summed E-state index contributed by atoms with van der Waals surface area (Å²) in [5.41, 5.74) is 1.06. The number of carbonyl (C=O) groups is 1. The molecule has 4 rings (SSSR count). The van der Waals surface area contributed by atoms with Crippen molar-refractivity contribution in [3.63, 3.8) is 0 Å². The summed E-state index contributed by atoms with van der Waals surface area (Å²) in [7, 11) is 0. The first-order valence-corrected chi connectivity index (χ1v) is 8.58. The summed E-state index contributed by atoms with van der Waals surface area (Å²) < 4.78 is 5.44. The molecule has 3 heterocycles. The predicted molar refractivity (Wildman–Crippen MR) is 94.7 cm³/mol. The standard InChI is InChI=1S/C19H18N4O3/c24-16-12-15(6-9-20-16)19(25)23-10-7-14(8-11-23)18-21-17(22-26-18)13-4-2-1-3-5-13/h1-6,9,12,14H,7-8,10-11H2,(H,20,24). The zero-order chi connectivity index (χ0) is 17.9. The van der Waals surface area contributed by atoms with Crippen molar-refractivity contribution in [2.45, 2.75) is 18.8 Å². The topological polar surface area (TPSA) is 92.1 Å². The number of rotatable bonds is 3. The van der Waals surface area contributed by atoms with Crippen molar-refractivity contribution in [1.29, 1.82) is 0 Å². The second kappa shape index (κ2) is 6.95. The highest BCUT2D eigenvalue weighted by Crippen LogP contribution is 2.29. The van der Waals surface area contributed by atoms with E-state index in [2.05, 4.69) is 15.1 Å². The van der Waals surface area contributed by atoms with Crippen molar-refractivity contribution in [2.24, 2.45) is 0 Å². The van der Waals surface area contributed by atoms with Gasteiger partial charge >= 0.3 is 0 Å².